The molecule has 0 saturated heterocycles. The average molecular weight is 1130 g/mol. The van der Waals surface area contributed by atoms with Crippen LogP contribution in [0.3, 0.4) is 0 Å². The molecule has 16 rings (SSSR count). The van der Waals surface area contributed by atoms with Gasteiger partial charge in [-0.3, -0.25) is 0 Å². The van der Waals surface area contributed by atoms with Gasteiger partial charge in [0.25, 0.3) is 0 Å². The molecule has 0 N–H and O–H groups in total. The molecule has 0 fully saturated rings. The molecule has 2 aliphatic rings. The molecule has 1 aliphatic heterocycles. The largest absolute Gasteiger partial charge is 0.497 e. The van der Waals surface area contributed by atoms with E-state index in [1.54, 1.807) is 14.2 Å². The van der Waals surface area contributed by atoms with E-state index in [9.17, 15) is 0 Å². The summed E-state index contributed by atoms with van der Waals surface area (Å²) in [6.07, 6.45) is 0. The second kappa shape index (κ2) is 20.5. The highest BCUT2D eigenvalue weighted by atomic mass is 32.2. The van der Waals surface area contributed by atoms with Gasteiger partial charge in [0.2, 0.25) is 0 Å². The van der Waals surface area contributed by atoms with Crippen molar-refractivity contribution in [3.05, 3.63) is 289 Å². The van der Waals surface area contributed by atoms with E-state index in [0.29, 0.717) is 0 Å². The molecule has 0 atom stereocenters. The Morgan fingerprint density at radius 2 is 0.674 bits per heavy atom. The number of benzene rings is 12. The van der Waals surface area contributed by atoms with Crippen molar-refractivity contribution in [2.45, 2.75) is 42.1 Å². The van der Waals surface area contributed by atoms with Crippen LogP contribution in [0.15, 0.2) is 277 Å². The molecule has 6 nitrogen and oxygen atoms in total. The third-order valence-electron chi connectivity index (χ3n) is 18.1. The smallest absolute Gasteiger partial charge is 0.119 e. The van der Waals surface area contributed by atoms with Gasteiger partial charge < -0.3 is 28.4 Å². The van der Waals surface area contributed by atoms with Crippen LogP contribution in [0.1, 0.15) is 36.1 Å². The summed E-state index contributed by atoms with van der Waals surface area (Å²) in [5.41, 5.74) is 22.8. The van der Waals surface area contributed by atoms with E-state index in [2.05, 4.69) is 300 Å². The number of aryl methyl sites for hydroxylation is 2. The first-order chi connectivity index (χ1) is 42.4. The number of nitrogens with zero attached hydrogens (tertiary/aromatic N) is 4. The molecule has 0 amide bonds. The van der Waals surface area contributed by atoms with Crippen LogP contribution in [0.25, 0.3) is 77.0 Å². The Balaban J connectivity index is 0.903. The molecule has 414 valence electrons. The molecule has 7 heteroatoms. The Kier molecular flexibility index (Phi) is 12.3. The van der Waals surface area contributed by atoms with Crippen molar-refractivity contribution in [2.75, 3.05) is 24.0 Å². The maximum absolute atomic E-state index is 5.78. The number of fused-ring (bicyclic) bond motifs is 15. The summed E-state index contributed by atoms with van der Waals surface area (Å²) >= 11 is 1.87. The minimum Gasteiger partial charge on any atom is -0.497 e. The number of ether oxygens (including phenoxy) is 2. The molecule has 3 heterocycles. The lowest BCUT2D eigenvalue weighted by molar-refractivity contribution is 0.414. The normalized spacial score (nSPS) is 12.8. The van der Waals surface area contributed by atoms with Crippen molar-refractivity contribution in [2.24, 2.45) is 0 Å². The van der Waals surface area contributed by atoms with Crippen molar-refractivity contribution >= 4 is 89.5 Å². The predicted octanol–water partition coefficient (Wildman–Crippen LogP) is 21.1. The molecule has 0 saturated carbocycles. The molecular weight excluding hydrogens is 1070 g/mol. The van der Waals surface area contributed by atoms with Crippen LogP contribution < -0.4 is 19.3 Å². The number of anilines is 6. The zero-order valence-electron chi connectivity index (χ0n) is 48.3. The monoisotopic (exact) mass is 1130 g/mol. The highest BCUT2D eigenvalue weighted by Crippen LogP contribution is 2.64. The molecule has 0 bridgehead atoms. The summed E-state index contributed by atoms with van der Waals surface area (Å²) in [5, 5.41) is 4.98. The lowest BCUT2D eigenvalue weighted by Crippen LogP contribution is -2.32. The van der Waals surface area contributed by atoms with E-state index in [0.717, 1.165) is 58.7 Å². The van der Waals surface area contributed by atoms with Crippen molar-refractivity contribution in [1.82, 2.24) is 9.13 Å². The van der Waals surface area contributed by atoms with E-state index in [-0.39, 0.29) is 0 Å². The topological polar surface area (TPSA) is 34.8 Å². The zero-order chi connectivity index (χ0) is 57.6. The fourth-order valence-electron chi connectivity index (χ4n) is 14.3. The number of rotatable bonds is 12. The molecule has 86 heavy (non-hydrogen) atoms. The molecule has 14 aromatic rings. The van der Waals surface area contributed by atoms with Gasteiger partial charge in [0.05, 0.1) is 30.7 Å². The molecule has 0 unspecified atom stereocenters. The first-order valence-electron chi connectivity index (χ1n) is 29.7. The van der Waals surface area contributed by atoms with Crippen molar-refractivity contribution in [3.63, 3.8) is 0 Å². The van der Waals surface area contributed by atoms with Crippen LogP contribution in [-0.4, -0.2) is 23.4 Å². The van der Waals surface area contributed by atoms with E-state index in [4.69, 9.17) is 9.47 Å². The van der Waals surface area contributed by atoms with E-state index in [1.807, 2.05) is 11.8 Å². The second-order valence-corrected chi connectivity index (χ2v) is 23.5. The zero-order valence-corrected chi connectivity index (χ0v) is 49.1. The van der Waals surface area contributed by atoms with Crippen LogP contribution >= 0.6 is 11.8 Å². The summed E-state index contributed by atoms with van der Waals surface area (Å²) in [4.78, 5) is 7.37. The minimum atomic E-state index is -0.698. The van der Waals surface area contributed by atoms with Crippen molar-refractivity contribution in [3.8, 4) is 44.9 Å². The molecule has 2 aromatic heterocycles. The van der Waals surface area contributed by atoms with Crippen LogP contribution in [0, 0.1) is 0 Å². The van der Waals surface area contributed by atoms with Gasteiger partial charge in [-0.25, -0.2) is 0 Å². The summed E-state index contributed by atoms with van der Waals surface area (Å²) in [6, 6.07) is 98.9. The van der Waals surface area contributed by atoms with Gasteiger partial charge >= 0.3 is 0 Å². The Hall–Kier alpha value is -10.2. The summed E-state index contributed by atoms with van der Waals surface area (Å²) in [5.74, 6) is 1.62. The molecule has 12 aromatic carbocycles. The third kappa shape index (κ3) is 7.95. The first kappa shape index (κ1) is 51.4. The van der Waals surface area contributed by atoms with Gasteiger partial charge in [0.15, 0.2) is 0 Å². The number of aromatic nitrogens is 2. The maximum Gasteiger partial charge on any atom is 0.119 e. The quantitative estimate of drug-likeness (QED) is 0.122. The lowest BCUT2D eigenvalue weighted by atomic mass is 9.67. The molecule has 1 spiro atoms. The van der Waals surface area contributed by atoms with E-state index >= 15 is 0 Å². The van der Waals surface area contributed by atoms with Crippen molar-refractivity contribution in [1.29, 1.82) is 0 Å². The molecule has 0 radical (unpaired) electrons. The first-order valence-corrected chi connectivity index (χ1v) is 30.5. The van der Waals surface area contributed by atoms with E-state index in [1.165, 1.54) is 109 Å². The van der Waals surface area contributed by atoms with Crippen molar-refractivity contribution < 1.29 is 9.47 Å². The third-order valence-corrected chi connectivity index (χ3v) is 19.3. The van der Waals surface area contributed by atoms with Crippen LogP contribution in [0.2, 0.25) is 0 Å². The van der Waals surface area contributed by atoms with Crippen LogP contribution in [-0.2, 0) is 18.5 Å². The van der Waals surface area contributed by atoms with Gasteiger partial charge in [-0.15, -0.1) is 0 Å². The van der Waals surface area contributed by atoms with Gasteiger partial charge in [-0.05, 0) is 191 Å². The standard InChI is InChI=1S/C79H60N4O2S/c1-5-80-73-45-53(51-17-9-7-10-18-51)25-39-65(73)67-43-33-59(49-75(67)80)82(55-27-35-61(84-3)36-28-55)57-31-41-63-64-42-32-58(48-72(64)79(71(63)47-57)69-21-13-15-23-77(69)86-78-24-16-14-22-70(78)79)83(56-29-37-62(85-4)38-30-56)60-34-44-68-66-40-26-54(52-19-11-8-12-20-52)46-74(66)81(6-2)76(68)50-60/h7-50H,5-6H2,1-4H3. The highest BCUT2D eigenvalue weighted by molar-refractivity contribution is 7.99. The maximum atomic E-state index is 5.78. The Bertz CT molecular complexity index is 4660. The van der Waals surface area contributed by atoms with Crippen LogP contribution in [0.4, 0.5) is 34.1 Å². The Morgan fingerprint density at radius 3 is 1.08 bits per heavy atom. The number of hydrogen-bond acceptors (Lipinski definition) is 5. The fraction of sp³-hybridized carbons (Fsp3) is 0.0886. The van der Waals surface area contributed by atoms with Gasteiger partial charge in [0, 0.05) is 89.6 Å². The Labute approximate surface area is 505 Å². The minimum absolute atomic E-state index is 0.698. The number of methoxy groups -OCH3 is 2. The predicted molar refractivity (Wildman–Crippen MR) is 359 cm³/mol. The Morgan fingerprint density at radius 1 is 0.326 bits per heavy atom. The highest BCUT2D eigenvalue weighted by Gasteiger charge is 2.51. The number of hydrogen-bond donors (Lipinski definition) is 0. The van der Waals surface area contributed by atoms with Gasteiger partial charge in [-0.1, -0.05) is 157 Å². The molecule has 1 aliphatic carbocycles. The lowest BCUT2D eigenvalue weighted by Gasteiger charge is -2.40. The summed E-state index contributed by atoms with van der Waals surface area (Å²) in [7, 11) is 3.47. The average Bonchev–Trinajstić information content (AvgIpc) is 1.48. The summed E-state index contributed by atoms with van der Waals surface area (Å²) < 4.78 is 16.5. The van der Waals surface area contributed by atoms with E-state index < -0.39 is 5.41 Å². The van der Waals surface area contributed by atoms with Gasteiger partial charge in [-0.2, -0.15) is 0 Å². The second-order valence-electron chi connectivity index (χ2n) is 22.5. The van der Waals surface area contributed by atoms with Crippen LogP contribution in [0.5, 0.6) is 11.5 Å². The van der Waals surface area contributed by atoms with Gasteiger partial charge in [0.1, 0.15) is 11.5 Å². The summed E-state index contributed by atoms with van der Waals surface area (Å²) in [6.45, 7) is 6.16. The molecular formula is C79H60N4O2S. The fourth-order valence-corrected chi connectivity index (χ4v) is 15.4. The SMILES string of the molecule is CCn1c2cc(-c3ccccc3)ccc2c2ccc(N(c3ccc(OC)cc3)c3ccc4c(c3)C3(c5ccccc5Sc5ccccc53)c3cc(N(c5ccc(OC)cc5)c5ccc6c7ccc(-c8ccccc8)cc7n(CC)c6c5)ccc3-4)cc21.